The molecule has 0 fully saturated rings. The SMILES string of the molecule is CCOC(=O)c1cc2n(n1)CCN(C(=O)Cc1c[nH]c3ccccc13)C2.CCOC(=O)c1cc2n(n1)CCN(C(=O)Cc1c[nH]c3ccccc13)C2.CCOC(=O)c1cc2n(n1)CCNC2.CO.N[O-].O=C(O)Cc1c[nH]c2ccccc12.[K+]. The minimum Gasteiger partial charge on any atom is -0.790 e. The molecular formula is C58H68KN13O12. The molecule has 12 rings (SSSR count). The number of nitrogens with two attached hydrogens (primary N) is 1. The summed E-state index contributed by atoms with van der Waals surface area (Å²) in [6.45, 7) is 12.0. The summed E-state index contributed by atoms with van der Waals surface area (Å²) in [5, 5.41) is 42.5. The first-order valence-corrected chi connectivity index (χ1v) is 26.9. The second-order valence-electron chi connectivity index (χ2n) is 18.7. The van der Waals surface area contributed by atoms with E-state index in [4.69, 9.17) is 29.6 Å². The molecule has 26 heteroatoms. The number of ether oxygens (including phenoxy) is 3. The van der Waals surface area contributed by atoms with Crippen LogP contribution in [0.25, 0.3) is 32.7 Å². The van der Waals surface area contributed by atoms with Crippen LogP contribution in [0.3, 0.4) is 0 Å². The number of carbonyl (C=O) groups excluding carboxylic acids is 5. The van der Waals surface area contributed by atoms with Gasteiger partial charge in [-0.3, -0.25) is 28.4 Å². The van der Waals surface area contributed by atoms with E-state index in [0.717, 1.165) is 93.2 Å². The van der Waals surface area contributed by atoms with Gasteiger partial charge in [0.25, 0.3) is 0 Å². The Morgan fingerprint density at radius 1 is 0.524 bits per heavy atom. The summed E-state index contributed by atoms with van der Waals surface area (Å²) >= 11 is 0. The van der Waals surface area contributed by atoms with E-state index in [0.29, 0.717) is 89.0 Å². The number of nitrogens with zero attached hydrogens (tertiary/aromatic N) is 8. The number of esters is 3. The Morgan fingerprint density at radius 2 is 0.869 bits per heavy atom. The first-order valence-electron chi connectivity index (χ1n) is 26.9. The largest absolute Gasteiger partial charge is 1.00 e. The Labute approximate surface area is 525 Å². The molecular weight excluding hydrogens is 1110 g/mol. The first-order chi connectivity index (χ1) is 40.4. The smallest absolute Gasteiger partial charge is 0.790 e. The molecule has 0 saturated carbocycles. The third kappa shape index (κ3) is 16.7. The molecule has 0 bridgehead atoms. The monoisotopic (exact) mass is 1180 g/mol. The Bertz CT molecular complexity index is 3470. The van der Waals surface area contributed by atoms with E-state index >= 15 is 0 Å². The summed E-state index contributed by atoms with van der Waals surface area (Å²) in [5.41, 5.74) is 9.64. The molecule has 9 aromatic rings. The van der Waals surface area contributed by atoms with Gasteiger partial charge >= 0.3 is 75.3 Å². The molecule has 3 aromatic carbocycles. The van der Waals surface area contributed by atoms with Crippen LogP contribution in [0.1, 0.15) is 86.0 Å². The van der Waals surface area contributed by atoms with Crippen molar-refractivity contribution >= 4 is 68.4 Å². The molecule has 0 aliphatic carbocycles. The number of hydrogen-bond donors (Lipinski definition) is 7. The summed E-state index contributed by atoms with van der Waals surface area (Å²) in [4.78, 5) is 84.1. The zero-order valence-corrected chi connectivity index (χ0v) is 50.8. The predicted molar refractivity (Wildman–Crippen MR) is 306 cm³/mol. The van der Waals surface area contributed by atoms with Crippen LogP contribution in [-0.2, 0) is 87.1 Å². The van der Waals surface area contributed by atoms with Gasteiger partial charge in [0.2, 0.25) is 11.8 Å². The fourth-order valence-corrected chi connectivity index (χ4v) is 9.61. The predicted octanol–water partition coefficient (Wildman–Crippen LogP) is 2.27. The van der Waals surface area contributed by atoms with E-state index in [1.54, 1.807) is 54.5 Å². The van der Waals surface area contributed by atoms with Gasteiger partial charge in [0.05, 0.1) is 88.9 Å². The van der Waals surface area contributed by atoms with Crippen LogP contribution in [0.5, 0.6) is 0 Å². The number of carbonyl (C=O) groups is 6. The number of para-hydroxylation sites is 3. The number of benzene rings is 3. The quantitative estimate of drug-likeness (QED) is 0.0399. The van der Waals surface area contributed by atoms with Gasteiger partial charge in [-0.05, 0) is 73.9 Å². The molecule has 84 heavy (non-hydrogen) atoms. The van der Waals surface area contributed by atoms with Crippen molar-refractivity contribution in [3.05, 3.63) is 166 Å². The molecule has 0 atom stereocenters. The first kappa shape index (κ1) is 65.4. The minimum atomic E-state index is -0.801. The molecule has 3 aliphatic rings. The average Bonchev–Trinajstić information content (AvgIpc) is 4.44. The number of aliphatic hydroxyl groups is 1. The minimum absolute atomic E-state index is 0. The zero-order chi connectivity index (χ0) is 59.4. The molecule has 2 amide bonds. The third-order valence-electron chi connectivity index (χ3n) is 13.5. The van der Waals surface area contributed by atoms with Crippen LogP contribution < -0.4 is 62.6 Å². The van der Waals surface area contributed by atoms with Crippen molar-refractivity contribution in [3.63, 3.8) is 0 Å². The molecule has 9 heterocycles. The van der Waals surface area contributed by atoms with Crippen LogP contribution >= 0.6 is 0 Å². The van der Waals surface area contributed by atoms with Crippen LogP contribution in [0, 0.1) is 5.21 Å². The van der Waals surface area contributed by atoms with E-state index in [1.165, 1.54) is 0 Å². The summed E-state index contributed by atoms with van der Waals surface area (Å²) in [6.07, 6.45) is 6.32. The number of amides is 2. The topological polar surface area (TPSA) is 339 Å². The third-order valence-corrected chi connectivity index (χ3v) is 13.5. The van der Waals surface area contributed by atoms with E-state index in [9.17, 15) is 28.8 Å². The van der Waals surface area contributed by atoms with Crippen molar-refractivity contribution in [3.8, 4) is 0 Å². The van der Waals surface area contributed by atoms with Gasteiger partial charge < -0.3 is 65.6 Å². The van der Waals surface area contributed by atoms with Crippen LogP contribution in [0.4, 0.5) is 0 Å². The van der Waals surface area contributed by atoms with Crippen LogP contribution in [0.2, 0.25) is 0 Å². The van der Waals surface area contributed by atoms with Gasteiger partial charge in [-0.1, -0.05) is 54.6 Å². The number of fused-ring (bicyclic) bond motifs is 6. The number of carboxylic acids is 1. The molecule has 8 N–H and O–H groups in total. The summed E-state index contributed by atoms with van der Waals surface area (Å²) in [5.74, 6) is 1.40. The number of carboxylic acid groups (broad SMARTS) is 1. The number of aromatic amines is 3. The summed E-state index contributed by atoms with van der Waals surface area (Å²) in [7, 11) is 1.00. The van der Waals surface area contributed by atoms with Gasteiger partial charge in [-0.2, -0.15) is 15.3 Å². The summed E-state index contributed by atoms with van der Waals surface area (Å²) in [6, 6.07) is 28.8. The fourth-order valence-electron chi connectivity index (χ4n) is 9.61. The Balaban J connectivity index is 0.000000183. The maximum atomic E-state index is 12.8. The van der Waals surface area contributed by atoms with Gasteiger partial charge in [-0.15, -0.1) is 0 Å². The van der Waals surface area contributed by atoms with Gasteiger partial charge in [0.1, 0.15) is 0 Å². The number of aliphatic carboxylic acids is 1. The maximum absolute atomic E-state index is 12.8. The van der Waals surface area contributed by atoms with Crippen molar-refractivity contribution in [2.45, 2.75) is 79.3 Å². The normalized spacial score (nSPS) is 12.7. The number of H-pyrrole nitrogens is 3. The molecule has 6 aromatic heterocycles. The van der Waals surface area contributed by atoms with Crippen molar-refractivity contribution in [1.29, 1.82) is 0 Å². The Hall–Kier alpha value is -7.79. The second-order valence-corrected chi connectivity index (χ2v) is 18.7. The van der Waals surface area contributed by atoms with Crippen molar-refractivity contribution in [2.75, 3.05) is 46.6 Å². The molecule has 0 radical (unpaired) electrons. The van der Waals surface area contributed by atoms with Crippen LogP contribution in [-0.4, -0.2) is 147 Å². The maximum Gasteiger partial charge on any atom is 1.00 e. The molecule has 25 nitrogen and oxygen atoms in total. The fraction of sp³-hybridized carbons (Fsp3) is 0.328. The molecule has 0 saturated heterocycles. The van der Waals surface area contributed by atoms with E-state index in [-0.39, 0.29) is 75.6 Å². The van der Waals surface area contributed by atoms with E-state index in [1.807, 2.05) is 99.7 Å². The van der Waals surface area contributed by atoms with Gasteiger partial charge in [-0.25, -0.2) is 14.4 Å². The molecule has 0 unspecified atom stereocenters. The number of rotatable bonds is 12. The molecule has 3 aliphatic heterocycles. The number of aromatic nitrogens is 9. The number of nitrogens with one attached hydrogen (secondary N) is 4. The zero-order valence-electron chi connectivity index (χ0n) is 47.6. The Kier molecular flexibility index (Phi) is 25.1. The van der Waals surface area contributed by atoms with Crippen LogP contribution in [0.15, 0.2) is 110 Å². The Morgan fingerprint density at radius 3 is 1.23 bits per heavy atom. The molecule has 438 valence electrons. The van der Waals surface area contributed by atoms with Gasteiger partial charge in [0.15, 0.2) is 17.1 Å². The van der Waals surface area contributed by atoms with Gasteiger partial charge in [0, 0.05) is 84.6 Å². The van der Waals surface area contributed by atoms with Crippen molar-refractivity contribution in [2.24, 2.45) is 5.90 Å². The standard InChI is InChI=1S/2C19H20N4O3.C10H9NO2.C9H13N3O2.CH4O.K.H2NO/c2*1-2-26-19(25)17-10-14-12-22(7-8-23(14)21-17)18(24)9-13-11-20-16-6-4-3-5-15(13)16;12-10(13)5-7-6-11-9-4-2-1-3-8(7)9;1-2-14-9(13)8-5-7-6-10-3-4-12(7)11-8;1-2;;1-2/h2*3-6,10-11,20H,2,7-9,12H2,1H3;1-4,6,11H,5H2,(H,12,13);5,10H,2-4,6H2,1H3;2H,1H3;;1H2/q;;;;;+1;-1. The number of aliphatic hydroxyl groups excluding tert-OH is 1. The molecule has 0 spiro atoms. The van der Waals surface area contributed by atoms with Crippen molar-refractivity contribution < 1.29 is 105 Å². The number of hydrogen-bond acceptors (Lipinski definition) is 16. The second kappa shape index (κ2) is 32.3. The summed E-state index contributed by atoms with van der Waals surface area (Å²) < 4.78 is 20.3. The van der Waals surface area contributed by atoms with E-state index < -0.39 is 17.9 Å². The average molecular weight is 1180 g/mol. The van der Waals surface area contributed by atoms with E-state index in [2.05, 4.69) is 41.5 Å². The van der Waals surface area contributed by atoms with Crippen molar-refractivity contribution in [1.82, 2.24) is 59.4 Å².